The summed E-state index contributed by atoms with van der Waals surface area (Å²) in [7, 11) is 4.16. The van der Waals surface area contributed by atoms with Crippen molar-refractivity contribution in [1.29, 1.82) is 0 Å². The Morgan fingerprint density at radius 2 is 1.42 bits per heavy atom. The fourth-order valence-electron chi connectivity index (χ4n) is 2.25. The number of ether oxygens (including phenoxy) is 1. The van der Waals surface area contributed by atoms with Crippen LogP contribution >= 0.6 is 0 Å². The highest BCUT2D eigenvalue weighted by Crippen LogP contribution is 2.10. The number of esters is 1. The van der Waals surface area contributed by atoms with Crippen LogP contribution in [-0.2, 0) is 14.3 Å². The minimum absolute atomic E-state index is 0.00534. The van der Waals surface area contributed by atoms with Crippen LogP contribution in [0.5, 0.6) is 0 Å². The van der Waals surface area contributed by atoms with E-state index in [-0.39, 0.29) is 18.9 Å². The number of amides is 1. The number of nitrogens with zero attached hydrogens (tertiary/aromatic N) is 2. The molecule has 0 saturated carbocycles. The molecule has 0 aromatic carbocycles. The number of carbonyl (C=O) groups is 2. The molecule has 24 heavy (non-hydrogen) atoms. The van der Waals surface area contributed by atoms with Gasteiger partial charge in [0.25, 0.3) is 0 Å². The first-order valence-electron chi connectivity index (χ1n) is 8.97. The highest BCUT2D eigenvalue weighted by atomic mass is 16.6. The van der Waals surface area contributed by atoms with E-state index >= 15 is 0 Å². The van der Waals surface area contributed by atoms with Crippen LogP contribution in [0.3, 0.4) is 0 Å². The van der Waals surface area contributed by atoms with Gasteiger partial charge in [-0.1, -0.05) is 25.7 Å². The molecule has 1 amide bonds. The first kappa shape index (κ1) is 22.9. The van der Waals surface area contributed by atoms with Crippen LogP contribution in [-0.4, -0.2) is 59.8 Å². The quantitative estimate of drug-likeness (QED) is 0.255. The summed E-state index contributed by atoms with van der Waals surface area (Å²) in [6.07, 6.45) is 6.82. The summed E-state index contributed by atoms with van der Waals surface area (Å²) in [5, 5.41) is 10.3. The van der Waals surface area contributed by atoms with Gasteiger partial charge in [-0.25, -0.2) is 5.06 Å². The smallest absolute Gasteiger partial charge is 0.308 e. The van der Waals surface area contributed by atoms with Crippen LogP contribution in [0.25, 0.3) is 0 Å². The molecule has 1 N–H and O–H groups in total. The summed E-state index contributed by atoms with van der Waals surface area (Å²) in [5.41, 5.74) is -0.548. The molecule has 0 rings (SSSR count). The third kappa shape index (κ3) is 14.5. The molecule has 0 fully saturated rings. The highest BCUT2D eigenvalue weighted by molar-refractivity contribution is 5.76. The van der Waals surface area contributed by atoms with E-state index in [1.165, 1.54) is 19.3 Å². The van der Waals surface area contributed by atoms with Gasteiger partial charge in [0.1, 0.15) is 5.60 Å². The molecule has 0 heterocycles. The molecule has 6 heteroatoms. The summed E-state index contributed by atoms with van der Waals surface area (Å²) >= 11 is 0. The molecule has 0 atom stereocenters. The lowest BCUT2D eigenvalue weighted by Crippen LogP contribution is -2.31. The van der Waals surface area contributed by atoms with Gasteiger partial charge in [-0.3, -0.25) is 14.8 Å². The van der Waals surface area contributed by atoms with Gasteiger partial charge in [0.05, 0.1) is 13.0 Å². The highest BCUT2D eigenvalue weighted by Gasteiger charge is 2.18. The predicted molar refractivity (Wildman–Crippen MR) is 94.8 cm³/mol. The van der Waals surface area contributed by atoms with Gasteiger partial charge in [-0.15, -0.1) is 0 Å². The standard InChI is InChI=1S/C18H36N2O4/c1-18(2,3)24-17(22)13-15-20(23)16(21)12-10-8-6-7-9-11-14-19(4)5/h23H,6-15H2,1-5H3. The van der Waals surface area contributed by atoms with Crippen LogP contribution in [0.4, 0.5) is 0 Å². The molecule has 0 aliphatic rings. The Morgan fingerprint density at radius 3 is 1.96 bits per heavy atom. The van der Waals surface area contributed by atoms with Crippen molar-refractivity contribution in [1.82, 2.24) is 9.96 Å². The van der Waals surface area contributed by atoms with Crippen LogP contribution in [0.15, 0.2) is 0 Å². The molecule has 0 spiro atoms. The lowest BCUT2D eigenvalue weighted by atomic mass is 10.1. The molecule has 142 valence electrons. The summed E-state index contributed by atoms with van der Waals surface area (Å²) in [6, 6.07) is 0. The number of unbranched alkanes of at least 4 members (excludes halogenated alkanes) is 5. The predicted octanol–water partition coefficient (Wildman–Crippen LogP) is 3.23. The third-order valence-corrected chi connectivity index (χ3v) is 3.48. The first-order valence-corrected chi connectivity index (χ1v) is 8.97. The van der Waals surface area contributed by atoms with E-state index in [2.05, 4.69) is 19.0 Å². The second-order valence-electron chi connectivity index (χ2n) is 7.53. The minimum Gasteiger partial charge on any atom is -0.460 e. The van der Waals surface area contributed by atoms with E-state index in [1.807, 2.05) is 0 Å². The molecule has 0 aliphatic heterocycles. The van der Waals surface area contributed by atoms with Crippen molar-refractivity contribution in [3.05, 3.63) is 0 Å². The molecule has 0 aromatic rings. The zero-order chi connectivity index (χ0) is 18.6. The van der Waals surface area contributed by atoms with Crippen LogP contribution in [0.1, 0.15) is 72.1 Å². The van der Waals surface area contributed by atoms with E-state index in [0.717, 1.165) is 25.8 Å². The zero-order valence-electron chi connectivity index (χ0n) is 16.1. The van der Waals surface area contributed by atoms with Crippen molar-refractivity contribution in [2.45, 2.75) is 77.7 Å². The second kappa shape index (κ2) is 12.3. The van der Waals surface area contributed by atoms with Crippen molar-refractivity contribution in [2.24, 2.45) is 0 Å². The van der Waals surface area contributed by atoms with Gasteiger partial charge in [-0.2, -0.15) is 0 Å². The van der Waals surface area contributed by atoms with Crippen molar-refractivity contribution in [3.8, 4) is 0 Å². The number of carbonyl (C=O) groups excluding carboxylic acids is 2. The minimum atomic E-state index is -0.548. The maximum atomic E-state index is 11.8. The van der Waals surface area contributed by atoms with Gasteiger partial charge in [0.2, 0.25) is 5.91 Å². The van der Waals surface area contributed by atoms with Crippen molar-refractivity contribution < 1.29 is 19.5 Å². The van der Waals surface area contributed by atoms with Crippen LogP contribution in [0, 0.1) is 0 Å². The zero-order valence-corrected chi connectivity index (χ0v) is 16.1. The summed E-state index contributed by atoms with van der Waals surface area (Å²) in [6.45, 7) is 6.46. The van der Waals surface area contributed by atoms with E-state index in [9.17, 15) is 14.8 Å². The van der Waals surface area contributed by atoms with E-state index < -0.39 is 11.6 Å². The lowest BCUT2D eigenvalue weighted by molar-refractivity contribution is -0.170. The Bertz CT molecular complexity index is 365. The fraction of sp³-hybridized carbons (Fsp3) is 0.889. The maximum absolute atomic E-state index is 11.8. The Labute approximate surface area is 147 Å². The topological polar surface area (TPSA) is 70.1 Å². The van der Waals surface area contributed by atoms with Gasteiger partial charge in [-0.05, 0) is 54.3 Å². The Morgan fingerprint density at radius 1 is 0.875 bits per heavy atom. The number of rotatable bonds is 12. The number of hydrogen-bond acceptors (Lipinski definition) is 5. The van der Waals surface area contributed by atoms with E-state index in [0.29, 0.717) is 11.5 Å². The Kier molecular flexibility index (Phi) is 11.7. The molecule has 0 aliphatic carbocycles. The molecule has 0 aromatic heterocycles. The molecular formula is C18H36N2O4. The average molecular weight is 344 g/mol. The monoisotopic (exact) mass is 344 g/mol. The Hall–Kier alpha value is -1.14. The molecule has 0 radical (unpaired) electrons. The van der Waals surface area contributed by atoms with E-state index in [4.69, 9.17) is 4.74 Å². The first-order chi connectivity index (χ1) is 11.1. The normalized spacial score (nSPS) is 11.6. The SMILES string of the molecule is CN(C)CCCCCCCCC(=O)N(O)CCC(=O)OC(C)(C)C. The maximum Gasteiger partial charge on any atom is 0.308 e. The van der Waals surface area contributed by atoms with Crippen molar-refractivity contribution >= 4 is 11.9 Å². The molecule has 6 nitrogen and oxygen atoms in total. The molecule has 0 unspecified atom stereocenters. The van der Waals surface area contributed by atoms with Crippen LogP contribution < -0.4 is 0 Å². The van der Waals surface area contributed by atoms with Crippen LogP contribution in [0.2, 0.25) is 0 Å². The van der Waals surface area contributed by atoms with E-state index in [1.54, 1.807) is 20.8 Å². The van der Waals surface area contributed by atoms with Gasteiger partial charge in [0, 0.05) is 6.42 Å². The van der Waals surface area contributed by atoms with Crippen molar-refractivity contribution in [3.63, 3.8) is 0 Å². The van der Waals surface area contributed by atoms with Gasteiger partial charge in [0.15, 0.2) is 0 Å². The summed E-state index contributed by atoms with van der Waals surface area (Å²) in [5.74, 6) is -0.738. The lowest BCUT2D eigenvalue weighted by Gasteiger charge is -2.20. The second-order valence-corrected chi connectivity index (χ2v) is 7.53. The van der Waals surface area contributed by atoms with Gasteiger partial charge >= 0.3 is 5.97 Å². The summed E-state index contributed by atoms with van der Waals surface area (Å²) < 4.78 is 5.14. The average Bonchev–Trinajstić information content (AvgIpc) is 2.45. The third-order valence-electron chi connectivity index (χ3n) is 3.48. The molecule has 0 bridgehead atoms. The van der Waals surface area contributed by atoms with Crippen molar-refractivity contribution in [2.75, 3.05) is 27.2 Å². The van der Waals surface area contributed by atoms with Gasteiger partial charge < -0.3 is 9.64 Å². The molecule has 0 saturated heterocycles. The largest absolute Gasteiger partial charge is 0.460 e. The fourth-order valence-corrected chi connectivity index (χ4v) is 2.25. The number of hydrogen-bond donors (Lipinski definition) is 1. The molecular weight excluding hydrogens is 308 g/mol. The Balaban J connectivity index is 3.64. The summed E-state index contributed by atoms with van der Waals surface area (Å²) in [4.78, 5) is 25.5. The number of hydroxylamine groups is 2.